The zero-order valence-electron chi connectivity index (χ0n) is 17.6. The average molecular weight is 413 g/mol. The van der Waals surface area contributed by atoms with Crippen molar-refractivity contribution < 1.29 is 19.1 Å². The number of carbonyl (C=O) groups excluding carboxylic acids is 3. The van der Waals surface area contributed by atoms with Crippen molar-refractivity contribution in [1.29, 1.82) is 0 Å². The van der Waals surface area contributed by atoms with Crippen molar-refractivity contribution in [2.75, 3.05) is 6.54 Å². The van der Waals surface area contributed by atoms with E-state index in [1.54, 1.807) is 4.57 Å². The van der Waals surface area contributed by atoms with Gasteiger partial charge in [0.25, 0.3) is 11.8 Å². The van der Waals surface area contributed by atoms with Gasteiger partial charge in [0.1, 0.15) is 11.3 Å². The molecule has 0 bridgehead atoms. The van der Waals surface area contributed by atoms with Gasteiger partial charge in [-0.25, -0.2) is 9.78 Å². The van der Waals surface area contributed by atoms with Gasteiger partial charge in [-0.05, 0) is 38.8 Å². The highest BCUT2D eigenvalue weighted by atomic mass is 16.6. The summed E-state index contributed by atoms with van der Waals surface area (Å²) in [6.07, 6.45) is 1.06. The standard InChI is InChI=1S/C21H27N5O4/c1-13-9-22-19(28)17-16(25-12-26(13)17)18(27)23-10-14-5-7-15(8-6-14)11-24-20(29)30-21(2,3)4/h5-8,12-13H,9-11H2,1-4H3,(H,22,28)(H,23,27)(H,24,29)/t13-/m1/s1. The summed E-state index contributed by atoms with van der Waals surface area (Å²) >= 11 is 0. The molecule has 30 heavy (non-hydrogen) atoms. The predicted molar refractivity (Wildman–Crippen MR) is 110 cm³/mol. The topological polar surface area (TPSA) is 114 Å². The molecule has 0 unspecified atom stereocenters. The minimum atomic E-state index is -0.542. The average Bonchev–Trinajstić information content (AvgIpc) is 3.13. The molecule has 1 aromatic carbocycles. The number of rotatable bonds is 5. The molecule has 3 rings (SSSR count). The van der Waals surface area contributed by atoms with Crippen LogP contribution in [0.3, 0.4) is 0 Å². The van der Waals surface area contributed by atoms with E-state index in [1.165, 1.54) is 6.33 Å². The highest BCUT2D eigenvalue weighted by molar-refractivity contribution is 6.05. The van der Waals surface area contributed by atoms with Gasteiger partial charge in [0, 0.05) is 25.7 Å². The number of carbonyl (C=O) groups is 3. The fraction of sp³-hybridized carbons (Fsp3) is 0.429. The summed E-state index contributed by atoms with van der Waals surface area (Å²) in [4.78, 5) is 40.5. The third-order valence-corrected chi connectivity index (χ3v) is 4.57. The first-order chi connectivity index (χ1) is 14.1. The molecule has 0 saturated heterocycles. The molecule has 9 heteroatoms. The Morgan fingerprint density at radius 2 is 1.77 bits per heavy atom. The van der Waals surface area contributed by atoms with Crippen molar-refractivity contribution in [2.45, 2.75) is 52.4 Å². The second-order valence-corrected chi connectivity index (χ2v) is 8.26. The molecule has 0 radical (unpaired) electrons. The first kappa shape index (κ1) is 21.4. The number of hydrogen-bond acceptors (Lipinski definition) is 5. The second kappa shape index (κ2) is 8.56. The molecule has 160 valence electrons. The smallest absolute Gasteiger partial charge is 0.407 e. The van der Waals surface area contributed by atoms with Crippen LogP contribution in [-0.2, 0) is 17.8 Å². The Labute approximate surface area is 175 Å². The number of fused-ring (bicyclic) bond motifs is 1. The number of ether oxygens (including phenoxy) is 1. The molecule has 0 fully saturated rings. The van der Waals surface area contributed by atoms with Crippen molar-refractivity contribution in [2.24, 2.45) is 0 Å². The van der Waals surface area contributed by atoms with E-state index in [2.05, 4.69) is 20.9 Å². The molecule has 2 heterocycles. The van der Waals surface area contributed by atoms with E-state index in [0.717, 1.165) is 11.1 Å². The Bertz CT molecular complexity index is 943. The van der Waals surface area contributed by atoms with Crippen LogP contribution in [0.15, 0.2) is 30.6 Å². The molecule has 0 aliphatic carbocycles. The number of amides is 3. The van der Waals surface area contributed by atoms with Gasteiger partial charge in [0.05, 0.1) is 6.33 Å². The normalized spacial score (nSPS) is 15.7. The van der Waals surface area contributed by atoms with Gasteiger partial charge in [-0.15, -0.1) is 0 Å². The van der Waals surface area contributed by atoms with Gasteiger partial charge in [-0.1, -0.05) is 24.3 Å². The summed E-state index contributed by atoms with van der Waals surface area (Å²) in [6, 6.07) is 7.51. The fourth-order valence-electron chi connectivity index (χ4n) is 3.04. The highest BCUT2D eigenvalue weighted by Crippen LogP contribution is 2.18. The molecule has 1 atom stereocenters. The van der Waals surface area contributed by atoms with Crippen LogP contribution >= 0.6 is 0 Å². The van der Waals surface area contributed by atoms with Crippen LogP contribution in [0.25, 0.3) is 0 Å². The number of nitrogens with one attached hydrogen (secondary N) is 3. The molecule has 0 spiro atoms. The van der Waals surface area contributed by atoms with Gasteiger partial charge in [-0.2, -0.15) is 0 Å². The highest BCUT2D eigenvalue weighted by Gasteiger charge is 2.29. The number of nitrogens with zero attached hydrogens (tertiary/aromatic N) is 2. The maximum absolute atomic E-state index is 12.5. The minimum absolute atomic E-state index is 0.0496. The molecule has 1 aliphatic rings. The van der Waals surface area contributed by atoms with Gasteiger partial charge >= 0.3 is 6.09 Å². The van der Waals surface area contributed by atoms with E-state index < -0.39 is 17.6 Å². The summed E-state index contributed by atoms with van der Waals surface area (Å²) in [5.41, 5.74) is 1.66. The number of imidazole rings is 1. The predicted octanol–water partition coefficient (Wildman–Crippen LogP) is 2.14. The molecule has 3 N–H and O–H groups in total. The number of aromatic nitrogens is 2. The van der Waals surface area contributed by atoms with Crippen molar-refractivity contribution in [3.63, 3.8) is 0 Å². The Balaban J connectivity index is 1.54. The van der Waals surface area contributed by atoms with Crippen molar-refractivity contribution in [3.05, 3.63) is 53.1 Å². The first-order valence-electron chi connectivity index (χ1n) is 9.82. The van der Waals surface area contributed by atoms with E-state index in [0.29, 0.717) is 19.6 Å². The third kappa shape index (κ3) is 5.16. The fourth-order valence-corrected chi connectivity index (χ4v) is 3.04. The Morgan fingerprint density at radius 3 is 2.37 bits per heavy atom. The first-order valence-corrected chi connectivity index (χ1v) is 9.82. The minimum Gasteiger partial charge on any atom is -0.444 e. The maximum atomic E-state index is 12.5. The lowest BCUT2D eigenvalue weighted by Crippen LogP contribution is -2.39. The van der Waals surface area contributed by atoms with Gasteiger partial charge in [0.15, 0.2) is 5.69 Å². The van der Waals surface area contributed by atoms with E-state index >= 15 is 0 Å². The Hall–Kier alpha value is -3.36. The summed E-state index contributed by atoms with van der Waals surface area (Å²) in [6.45, 7) is 8.52. The van der Waals surface area contributed by atoms with Crippen LogP contribution in [0.1, 0.15) is 65.8 Å². The van der Waals surface area contributed by atoms with Crippen molar-refractivity contribution in [1.82, 2.24) is 25.5 Å². The monoisotopic (exact) mass is 413 g/mol. The van der Waals surface area contributed by atoms with Crippen molar-refractivity contribution >= 4 is 17.9 Å². The van der Waals surface area contributed by atoms with Crippen molar-refractivity contribution in [3.8, 4) is 0 Å². The molecule has 9 nitrogen and oxygen atoms in total. The van der Waals surface area contributed by atoms with E-state index in [-0.39, 0.29) is 23.3 Å². The van der Waals surface area contributed by atoms with Gasteiger partial charge in [0.2, 0.25) is 0 Å². The number of alkyl carbamates (subject to hydrolysis) is 1. The summed E-state index contributed by atoms with van der Waals surface area (Å²) < 4.78 is 6.93. The summed E-state index contributed by atoms with van der Waals surface area (Å²) in [7, 11) is 0. The summed E-state index contributed by atoms with van der Waals surface area (Å²) in [5.74, 6) is -0.693. The quantitative estimate of drug-likeness (QED) is 0.695. The molecular weight excluding hydrogens is 386 g/mol. The maximum Gasteiger partial charge on any atom is 0.407 e. The van der Waals surface area contributed by atoms with Crippen LogP contribution in [0, 0.1) is 0 Å². The molecule has 0 saturated carbocycles. The van der Waals surface area contributed by atoms with Gasteiger partial charge in [-0.3, -0.25) is 9.59 Å². The lowest BCUT2D eigenvalue weighted by molar-refractivity contribution is 0.0523. The van der Waals surface area contributed by atoms with E-state index in [1.807, 2.05) is 52.0 Å². The van der Waals surface area contributed by atoms with Gasteiger partial charge < -0.3 is 25.3 Å². The Kier molecular flexibility index (Phi) is 6.09. The molecule has 2 aromatic rings. The zero-order chi connectivity index (χ0) is 21.9. The second-order valence-electron chi connectivity index (χ2n) is 8.26. The Morgan fingerprint density at radius 1 is 1.17 bits per heavy atom. The van der Waals surface area contributed by atoms with Crippen LogP contribution < -0.4 is 16.0 Å². The lowest BCUT2D eigenvalue weighted by atomic mass is 10.1. The summed E-state index contributed by atoms with van der Waals surface area (Å²) in [5, 5.41) is 8.26. The van der Waals surface area contributed by atoms with Crippen LogP contribution in [-0.4, -0.2) is 39.6 Å². The SMILES string of the molecule is C[C@@H]1CNC(=O)c2c(C(=O)NCc3ccc(CNC(=O)OC(C)(C)C)cc3)ncn21. The molecule has 3 amide bonds. The lowest BCUT2D eigenvalue weighted by Gasteiger charge is -2.22. The number of hydrogen-bond donors (Lipinski definition) is 3. The molecule has 1 aromatic heterocycles. The van der Waals surface area contributed by atoms with Crippen LogP contribution in [0.5, 0.6) is 0 Å². The molecular formula is C21H27N5O4. The van der Waals surface area contributed by atoms with Crippen LogP contribution in [0.4, 0.5) is 4.79 Å². The van der Waals surface area contributed by atoms with Crippen LogP contribution in [0.2, 0.25) is 0 Å². The third-order valence-electron chi connectivity index (χ3n) is 4.57. The zero-order valence-corrected chi connectivity index (χ0v) is 17.6. The van der Waals surface area contributed by atoms with E-state index in [4.69, 9.17) is 4.74 Å². The van der Waals surface area contributed by atoms with E-state index in [9.17, 15) is 14.4 Å². The largest absolute Gasteiger partial charge is 0.444 e. The number of benzene rings is 1. The molecule has 1 aliphatic heterocycles.